The predicted molar refractivity (Wildman–Crippen MR) is 73.0 cm³/mol. The van der Waals surface area contributed by atoms with Gasteiger partial charge >= 0.3 is 6.18 Å². The molecule has 1 aromatic carbocycles. The largest absolute Gasteiger partial charge is 0.416 e. The number of alkyl halides is 3. The van der Waals surface area contributed by atoms with Crippen molar-refractivity contribution in [3.8, 4) is 0 Å². The van der Waals surface area contributed by atoms with Gasteiger partial charge in [-0.3, -0.25) is 4.79 Å². The predicted octanol–water partition coefficient (Wildman–Crippen LogP) is 3.95. The molecule has 0 saturated carbocycles. The Kier molecular flexibility index (Phi) is 3.97. The molecular formula is C16H17F4NO. The second-order valence-electron chi connectivity index (χ2n) is 6.22. The first-order chi connectivity index (χ1) is 10.3. The van der Waals surface area contributed by atoms with E-state index in [-0.39, 0.29) is 12.1 Å². The number of ketones is 1. The van der Waals surface area contributed by atoms with E-state index in [0.717, 1.165) is 25.3 Å². The van der Waals surface area contributed by atoms with Gasteiger partial charge in [-0.2, -0.15) is 13.2 Å². The summed E-state index contributed by atoms with van der Waals surface area (Å²) in [5.41, 5.74) is -1.41. The monoisotopic (exact) mass is 315 g/mol. The summed E-state index contributed by atoms with van der Waals surface area (Å²) in [5.74, 6) is -1.77. The molecule has 0 radical (unpaired) electrons. The van der Waals surface area contributed by atoms with Gasteiger partial charge in [-0.15, -0.1) is 0 Å². The molecule has 2 bridgehead atoms. The van der Waals surface area contributed by atoms with Crippen molar-refractivity contribution < 1.29 is 22.4 Å². The van der Waals surface area contributed by atoms with Crippen LogP contribution in [0.3, 0.4) is 0 Å². The second kappa shape index (κ2) is 5.65. The SMILES string of the molecule is O=C(c1cc(C(F)(F)F)ccc1F)C1CC2CCCC(C1)N2. The zero-order chi connectivity index (χ0) is 15.9. The van der Waals surface area contributed by atoms with Gasteiger partial charge in [-0.25, -0.2) is 4.39 Å². The highest BCUT2D eigenvalue weighted by Gasteiger charge is 2.37. The number of halogens is 4. The Morgan fingerprint density at radius 1 is 1.14 bits per heavy atom. The van der Waals surface area contributed by atoms with Gasteiger partial charge < -0.3 is 5.32 Å². The number of nitrogens with one attached hydrogen (secondary N) is 1. The van der Waals surface area contributed by atoms with Crippen LogP contribution in [0.25, 0.3) is 0 Å². The summed E-state index contributed by atoms with van der Waals surface area (Å²) < 4.78 is 52.1. The molecule has 6 heteroatoms. The normalized spacial score (nSPS) is 28.5. The van der Waals surface area contributed by atoms with Gasteiger partial charge in [0.2, 0.25) is 0 Å². The van der Waals surface area contributed by atoms with Gasteiger partial charge in [0.25, 0.3) is 0 Å². The first-order valence-corrected chi connectivity index (χ1v) is 7.51. The van der Waals surface area contributed by atoms with Crippen molar-refractivity contribution in [2.45, 2.75) is 50.4 Å². The zero-order valence-electron chi connectivity index (χ0n) is 11.9. The van der Waals surface area contributed by atoms with E-state index in [1.165, 1.54) is 0 Å². The summed E-state index contributed by atoms with van der Waals surface area (Å²) in [7, 11) is 0. The maximum absolute atomic E-state index is 13.8. The maximum atomic E-state index is 13.8. The smallest absolute Gasteiger partial charge is 0.311 e. The molecule has 2 heterocycles. The number of carbonyl (C=O) groups is 1. The summed E-state index contributed by atoms with van der Waals surface area (Å²) in [6.07, 6.45) is -0.402. The van der Waals surface area contributed by atoms with Crippen LogP contribution < -0.4 is 5.32 Å². The number of benzene rings is 1. The quantitative estimate of drug-likeness (QED) is 0.661. The third-order valence-electron chi connectivity index (χ3n) is 4.64. The molecule has 0 spiro atoms. The van der Waals surface area contributed by atoms with Crippen LogP contribution in [0.5, 0.6) is 0 Å². The van der Waals surface area contributed by atoms with Crippen molar-refractivity contribution in [1.29, 1.82) is 0 Å². The van der Waals surface area contributed by atoms with E-state index in [0.29, 0.717) is 25.0 Å². The number of fused-ring (bicyclic) bond motifs is 2. The summed E-state index contributed by atoms with van der Waals surface area (Å²) in [5, 5.41) is 3.41. The van der Waals surface area contributed by atoms with Crippen molar-refractivity contribution >= 4 is 5.78 Å². The molecule has 2 fully saturated rings. The minimum absolute atomic E-state index is 0.218. The van der Waals surface area contributed by atoms with E-state index in [1.807, 2.05) is 0 Å². The number of carbonyl (C=O) groups excluding carboxylic acids is 1. The molecule has 0 aliphatic carbocycles. The fraction of sp³-hybridized carbons (Fsp3) is 0.562. The minimum atomic E-state index is -4.58. The lowest BCUT2D eigenvalue weighted by Crippen LogP contribution is -2.50. The molecule has 22 heavy (non-hydrogen) atoms. The Morgan fingerprint density at radius 2 is 1.77 bits per heavy atom. The van der Waals surface area contributed by atoms with Gasteiger partial charge in [0.15, 0.2) is 5.78 Å². The van der Waals surface area contributed by atoms with E-state index in [2.05, 4.69) is 5.32 Å². The zero-order valence-corrected chi connectivity index (χ0v) is 11.9. The topological polar surface area (TPSA) is 29.1 Å². The lowest BCUT2D eigenvalue weighted by atomic mass is 9.77. The van der Waals surface area contributed by atoms with Gasteiger partial charge in [0.05, 0.1) is 11.1 Å². The molecule has 3 rings (SSSR count). The van der Waals surface area contributed by atoms with E-state index in [4.69, 9.17) is 0 Å². The Bertz CT molecular complexity index is 572. The summed E-state index contributed by atoms with van der Waals surface area (Å²) in [6.45, 7) is 0. The molecule has 2 saturated heterocycles. The van der Waals surface area contributed by atoms with Crippen LogP contribution in [0.15, 0.2) is 18.2 Å². The lowest BCUT2D eigenvalue weighted by Gasteiger charge is -2.39. The fourth-order valence-electron chi connectivity index (χ4n) is 3.59. The molecule has 1 aromatic rings. The van der Waals surface area contributed by atoms with Crippen molar-refractivity contribution in [3.05, 3.63) is 35.1 Å². The standard InChI is InChI=1S/C16H17F4NO/c17-14-5-4-10(16(18,19)20)8-13(14)15(22)9-6-11-2-1-3-12(7-9)21-11/h4-5,8-9,11-12,21H,1-3,6-7H2. The maximum Gasteiger partial charge on any atom is 0.416 e. The van der Waals surface area contributed by atoms with E-state index in [1.54, 1.807) is 0 Å². The molecule has 1 N–H and O–H groups in total. The van der Waals surface area contributed by atoms with Gasteiger partial charge in [-0.05, 0) is 43.9 Å². The highest BCUT2D eigenvalue weighted by atomic mass is 19.4. The number of rotatable bonds is 2. The third-order valence-corrected chi connectivity index (χ3v) is 4.64. The number of hydrogen-bond donors (Lipinski definition) is 1. The highest BCUT2D eigenvalue weighted by Crippen LogP contribution is 2.34. The van der Waals surface area contributed by atoms with Crippen LogP contribution in [0.4, 0.5) is 17.6 Å². The number of piperidine rings is 2. The van der Waals surface area contributed by atoms with E-state index in [9.17, 15) is 22.4 Å². The molecule has 120 valence electrons. The minimum Gasteiger partial charge on any atom is -0.311 e. The van der Waals surface area contributed by atoms with E-state index >= 15 is 0 Å². The molecule has 0 aromatic heterocycles. The van der Waals surface area contributed by atoms with Crippen LogP contribution in [0.2, 0.25) is 0 Å². The summed E-state index contributed by atoms with van der Waals surface area (Å²) in [4.78, 5) is 12.5. The van der Waals surface area contributed by atoms with Crippen LogP contribution in [0, 0.1) is 11.7 Å². The van der Waals surface area contributed by atoms with Gasteiger partial charge in [0, 0.05) is 18.0 Å². The van der Waals surface area contributed by atoms with Crippen LogP contribution >= 0.6 is 0 Å². The second-order valence-corrected chi connectivity index (χ2v) is 6.22. The first kappa shape index (κ1) is 15.5. The van der Waals surface area contributed by atoms with Crippen LogP contribution in [-0.4, -0.2) is 17.9 Å². The Hall–Kier alpha value is -1.43. The van der Waals surface area contributed by atoms with Gasteiger partial charge in [-0.1, -0.05) is 6.42 Å². The summed E-state index contributed by atoms with van der Waals surface area (Å²) in [6, 6.07) is 2.49. The Balaban J connectivity index is 1.85. The number of hydrogen-bond acceptors (Lipinski definition) is 2. The number of Topliss-reactive ketones (excluding diaryl/α,β-unsaturated/α-hetero) is 1. The van der Waals surface area contributed by atoms with E-state index < -0.39 is 34.8 Å². The average Bonchev–Trinajstić information content (AvgIpc) is 2.45. The molecule has 2 aliphatic rings. The van der Waals surface area contributed by atoms with Crippen LogP contribution in [-0.2, 0) is 6.18 Å². The Labute approximate surface area is 125 Å². The van der Waals surface area contributed by atoms with Crippen molar-refractivity contribution in [2.75, 3.05) is 0 Å². The third kappa shape index (κ3) is 3.02. The highest BCUT2D eigenvalue weighted by molar-refractivity contribution is 5.98. The molecule has 2 unspecified atom stereocenters. The van der Waals surface area contributed by atoms with Crippen LogP contribution in [0.1, 0.15) is 48.0 Å². The molecule has 2 nitrogen and oxygen atoms in total. The van der Waals surface area contributed by atoms with Crippen molar-refractivity contribution in [3.63, 3.8) is 0 Å². The molecule has 2 atom stereocenters. The summed E-state index contributed by atoms with van der Waals surface area (Å²) >= 11 is 0. The first-order valence-electron chi connectivity index (χ1n) is 7.51. The molecular weight excluding hydrogens is 298 g/mol. The van der Waals surface area contributed by atoms with Gasteiger partial charge in [0.1, 0.15) is 5.82 Å². The average molecular weight is 315 g/mol. The Morgan fingerprint density at radius 3 is 2.36 bits per heavy atom. The molecule has 0 amide bonds. The fourth-order valence-corrected chi connectivity index (χ4v) is 3.59. The molecule has 2 aliphatic heterocycles. The van der Waals surface area contributed by atoms with Crippen molar-refractivity contribution in [2.24, 2.45) is 5.92 Å². The lowest BCUT2D eigenvalue weighted by molar-refractivity contribution is -0.137. The van der Waals surface area contributed by atoms with Crippen molar-refractivity contribution in [1.82, 2.24) is 5.32 Å².